The third-order valence-electron chi connectivity index (χ3n) is 4.70. The summed E-state index contributed by atoms with van der Waals surface area (Å²) in [5.74, 6) is -2.46. The highest BCUT2D eigenvalue weighted by atomic mass is 19.4. The van der Waals surface area contributed by atoms with Crippen LogP contribution in [0.25, 0.3) is 11.1 Å². The summed E-state index contributed by atoms with van der Waals surface area (Å²) in [4.78, 5) is 0. The van der Waals surface area contributed by atoms with Crippen LogP contribution in [-0.4, -0.2) is 6.18 Å². The first-order valence-corrected chi connectivity index (χ1v) is 9.94. The van der Waals surface area contributed by atoms with Gasteiger partial charge in [-0.1, -0.05) is 31.4 Å². The summed E-state index contributed by atoms with van der Waals surface area (Å²) in [5.41, 5.74) is -1.46. The lowest BCUT2D eigenvalue weighted by atomic mass is 10.0. The van der Waals surface area contributed by atoms with Gasteiger partial charge in [0.1, 0.15) is 23.2 Å². The number of hydrogen-bond donors (Lipinski definition) is 0. The Bertz CT molecular complexity index is 1210. The lowest BCUT2D eigenvalue weighted by Crippen LogP contribution is -2.22. The molecule has 0 aliphatic heterocycles. The van der Waals surface area contributed by atoms with Crippen LogP contribution in [0.3, 0.4) is 0 Å². The summed E-state index contributed by atoms with van der Waals surface area (Å²) in [6.07, 6.45) is -7.18. The van der Waals surface area contributed by atoms with Crippen molar-refractivity contribution in [3.05, 3.63) is 88.7 Å². The highest BCUT2D eigenvalue weighted by Gasteiger charge is 2.34. The fourth-order valence-electron chi connectivity index (χ4n) is 3.14. The smallest absolute Gasteiger partial charge is 0.429 e. The monoisotopic (exact) mass is 484 g/mol. The predicted molar refractivity (Wildman–Crippen MR) is 110 cm³/mol. The highest BCUT2D eigenvalue weighted by molar-refractivity contribution is 5.66. The quantitative estimate of drug-likeness (QED) is 0.257. The molecule has 0 bridgehead atoms. The number of alkyl halides is 5. The number of aryl methyl sites for hydroxylation is 1. The number of rotatable bonds is 6. The molecule has 0 unspecified atom stereocenters. The number of ether oxygens (including phenoxy) is 1. The molecule has 0 radical (unpaired) electrons. The van der Waals surface area contributed by atoms with Crippen molar-refractivity contribution in [3.63, 3.8) is 0 Å². The minimum absolute atomic E-state index is 0.366. The van der Waals surface area contributed by atoms with Crippen molar-refractivity contribution < 1.29 is 39.9 Å². The molecule has 0 saturated carbocycles. The molecule has 0 heterocycles. The van der Waals surface area contributed by atoms with E-state index < -0.39 is 46.6 Å². The molecule has 0 fully saturated rings. The van der Waals surface area contributed by atoms with E-state index in [1.165, 1.54) is 30.2 Å². The molecule has 0 atom stereocenters. The molecular formula is C25H16F8O. The fourth-order valence-corrected chi connectivity index (χ4v) is 3.14. The van der Waals surface area contributed by atoms with E-state index in [1.54, 1.807) is 0 Å². The van der Waals surface area contributed by atoms with Crippen LogP contribution in [0.15, 0.2) is 54.6 Å². The average molecular weight is 484 g/mol. The summed E-state index contributed by atoms with van der Waals surface area (Å²) in [6, 6.07) is 9.20. The van der Waals surface area contributed by atoms with Crippen molar-refractivity contribution in [3.8, 4) is 28.7 Å². The molecule has 3 aromatic carbocycles. The third kappa shape index (κ3) is 6.07. The number of halogens is 8. The predicted octanol–water partition coefficient (Wildman–Crippen LogP) is 7.77. The van der Waals surface area contributed by atoms with Gasteiger partial charge in [0.2, 0.25) is 0 Å². The molecule has 34 heavy (non-hydrogen) atoms. The Labute approximate surface area is 190 Å². The molecule has 178 valence electrons. The van der Waals surface area contributed by atoms with Gasteiger partial charge in [-0.2, -0.15) is 22.0 Å². The molecule has 3 rings (SSSR count). The van der Waals surface area contributed by atoms with E-state index >= 15 is 0 Å². The summed E-state index contributed by atoms with van der Waals surface area (Å²) < 4.78 is 113. The zero-order chi connectivity index (χ0) is 25.1. The molecule has 1 nitrogen and oxygen atoms in total. The summed E-state index contributed by atoms with van der Waals surface area (Å²) in [7, 11) is 0. The Morgan fingerprint density at radius 3 is 1.94 bits per heavy atom. The van der Waals surface area contributed by atoms with Crippen LogP contribution in [0.5, 0.6) is 5.75 Å². The van der Waals surface area contributed by atoms with E-state index in [0.717, 1.165) is 36.5 Å². The second-order valence-electron chi connectivity index (χ2n) is 7.27. The topological polar surface area (TPSA) is 9.23 Å². The van der Waals surface area contributed by atoms with Crippen molar-refractivity contribution in [1.82, 2.24) is 0 Å². The Morgan fingerprint density at radius 1 is 0.794 bits per heavy atom. The Balaban J connectivity index is 1.85. The van der Waals surface area contributed by atoms with Crippen LogP contribution in [0.4, 0.5) is 35.1 Å². The first-order valence-electron chi connectivity index (χ1n) is 9.94. The Kier molecular flexibility index (Phi) is 7.20. The molecule has 0 saturated heterocycles. The van der Waals surface area contributed by atoms with Gasteiger partial charge in [0, 0.05) is 17.6 Å². The van der Waals surface area contributed by atoms with Crippen molar-refractivity contribution in [1.29, 1.82) is 0 Å². The summed E-state index contributed by atoms with van der Waals surface area (Å²) in [6.45, 7) is 1.95. The van der Waals surface area contributed by atoms with E-state index in [1.807, 2.05) is 6.92 Å². The van der Waals surface area contributed by atoms with Gasteiger partial charge in [0.25, 0.3) is 0 Å². The minimum atomic E-state index is -4.96. The van der Waals surface area contributed by atoms with E-state index in [2.05, 4.69) is 4.74 Å². The maximum atomic E-state index is 14.6. The van der Waals surface area contributed by atoms with Gasteiger partial charge >= 0.3 is 12.3 Å². The van der Waals surface area contributed by atoms with Crippen molar-refractivity contribution in [2.75, 3.05) is 0 Å². The molecule has 0 spiro atoms. The van der Waals surface area contributed by atoms with Crippen LogP contribution in [0, 0.1) is 29.3 Å². The number of benzene rings is 3. The standard InChI is InChI=1S/C25H16F8O/c1-2-3-15-4-6-17(7-5-15)25(32,33)34-18-8-9-19(23(28)14-18)16-12-21(26)20(22(27)13-16)10-11-24(29,30)31/h4-9,12-14H,2-3H2,1H3. The largest absolute Gasteiger partial charge is 0.458 e. The fraction of sp³-hybridized carbons (Fsp3) is 0.200. The van der Waals surface area contributed by atoms with Crippen LogP contribution in [0.1, 0.15) is 30.0 Å². The van der Waals surface area contributed by atoms with Crippen LogP contribution < -0.4 is 4.74 Å². The van der Waals surface area contributed by atoms with Crippen molar-refractivity contribution in [2.45, 2.75) is 32.1 Å². The first-order chi connectivity index (χ1) is 15.9. The lowest BCUT2D eigenvalue weighted by Gasteiger charge is -2.19. The highest BCUT2D eigenvalue weighted by Crippen LogP contribution is 2.34. The molecule has 0 amide bonds. The van der Waals surface area contributed by atoms with Crippen LogP contribution in [-0.2, 0) is 12.5 Å². The van der Waals surface area contributed by atoms with Crippen LogP contribution >= 0.6 is 0 Å². The Morgan fingerprint density at radius 2 is 1.41 bits per heavy atom. The zero-order valence-corrected chi connectivity index (χ0v) is 17.5. The van der Waals surface area contributed by atoms with Gasteiger partial charge in [0.15, 0.2) is 0 Å². The zero-order valence-electron chi connectivity index (χ0n) is 17.5. The normalized spacial score (nSPS) is 11.7. The van der Waals surface area contributed by atoms with E-state index in [9.17, 15) is 35.1 Å². The van der Waals surface area contributed by atoms with Crippen molar-refractivity contribution in [2.24, 2.45) is 0 Å². The van der Waals surface area contributed by atoms with Gasteiger partial charge in [-0.3, -0.25) is 0 Å². The maximum Gasteiger partial charge on any atom is 0.458 e. The van der Waals surface area contributed by atoms with Gasteiger partial charge in [-0.25, -0.2) is 13.2 Å². The molecule has 0 aliphatic rings. The summed E-state index contributed by atoms with van der Waals surface area (Å²) in [5, 5.41) is 0. The SMILES string of the molecule is CCCc1ccc(C(F)(F)Oc2ccc(-c3cc(F)c(C#CC(F)(F)F)c(F)c3)c(F)c2)cc1. The maximum absolute atomic E-state index is 14.6. The Hall–Kier alpha value is -3.54. The number of hydrogen-bond acceptors (Lipinski definition) is 1. The van der Waals surface area contributed by atoms with Gasteiger partial charge < -0.3 is 4.74 Å². The van der Waals surface area contributed by atoms with Gasteiger partial charge in [-0.05, 0) is 53.9 Å². The first kappa shape index (κ1) is 25.1. The average Bonchev–Trinajstić information content (AvgIpc) is 2.72. The molecule has 0 N–H and O–H groups in total. The summed E-state index contributed by atoms with van der Waals surface area (Å²) >= 11 is 0. The molecule has 0 aliphatic carbocycles. The van der Waals surface area contributed by atoms with Crippen LogP contribution in [0.2, 0.25) is 0 Å². The second-order valence-corrected chi connectivity index (χ2v) is 7.27. The van der Waals surface area contributed by atoms with Crippen molar-refractivity contribution >= 4 is 0 Å². The second kappa shape index (κ2) is 9.75. The molecule has 3 aromatic rings. The molecular weight excluding hydrogens is 468 g/mol. The lowest BCUT2D eigenvalue weighted by molar-refractivity contribution is -0.185. The van der Waals surface area contributed by atoms with Gasteiger partial charge in [0.05, 0.1) is 11.1 Å². The van der Waals surface area contributed by atoms with E-state index in [0.29, 0.717) is 18.2 Å². The van der Waals surface area contributed by atoms with E-state index in [4.69, 9.17) is 0 Å². The third-order valence-corrected chi connectivity index (χ3v) is 4.70. The van der Waals surface area contributed by atoms with Gasteiger partial charge in [-0.15, -0.1) is 0 Å². The minimum Gasteiger partial charge on any atom is -0.429 e. The van der Waals surface area contributed by atoms with E-state index in [-0.39, 0.29) is 11.1 Å². The molecule has 9 heteroatoms. The molecule has 0 aromatic heterocycles.